The third-order valence-electron chi connectivity index (χ3n) is 5.73. The molecule has 148 valence electrons. The number of carbonyl (C=O) groups excluding carboxylic acids is 1. The van der Waals surface area contributed by atoms with Crippen molar-refractivity contribution in [2.24, 2.45) is 0 Å². The summed E-state index contributed by atoms with van der Waals surface area (Å²) >= 11 is 0. The van der Waals surface area contributed by atoms with E-state index in [0.717, 1.165) is 28.2 Å². The van der Waals surface area contributed by atoms with Crippen molar-refractivity contribution in [2.45, 2.75) is 19.5 Å². The standard InChI is InChI=1S/C26H23N3O/c1-19-10-5-7-14-22(19)25-24-16-9-17-28(24)23-15-8-6-11-20(23)18-29(25)26(30)27-21-12-3-2-4-13-21/h2-17,25H,18H2,1H3,(H,27,30)/t25-/m0/s1. The average Bonchev–Trinajstić information content (AvgIpc) is 3.20. The molecule has 1 aromatic heterocycles. The van der Waals surface area contributed by atoms with Crippen LogP contribution in [-0.4, -0.2) is 15.5 Å². The van der Waals surface area contributed by atoms with Gasteiger partial charge >= 0.3 is 6.03 Å². The minimum atomic E-state index is -0.197. The largest absolute Gasteiger partial charge is 0.322 e. The lowest BCUT2D eigenvalue weighted by molar-refractivity contribution is 0.194. The Hall–Kier alpha value is -3.79. The fourth-order valence-corrected chi connectivity index (χ4v) is 4.28. The monoisotopic (exact) mass is 393 g/mol. The second-order valence-electron chi connectivity index (χ2n) is 7.61. The third kappa shape index (κ3) is 3.16. The molecule has 4 nitrogen and oxygen atoms in total. The van der Waals surface area contributed by atoms with E-state index in [1.54, 1.807) is 0 Å². The summed E-state index contributed by atoms with van der Waals surface area (Å²) in [5.41, 5.74) is 6.41. The second-order valence-corrected chi connectivity index (χ2v) is 7.61. The normalized spacial score (nSPS) is 15.1. The van der Waals surface area contributed by atoms with Gasteiger partial charge in [-0.2, -0.15) is 0 Å². The molecule has 0 unspecified atom stereocenters. The molecule has 1 aliphatic rings. The topological polar surface area (TPSA) is 37.3 Å². The minimum absolute atomic E-state index is 0.112. The smallest absolute Gasteiger partial charge is 0.318 e. The molecule has 1 N–H and O–H groups in total. The Labute approximate surface area is 176 Å². The number of carbonyl (C=O) groups is 1. The maximum absolute atomic E-state index is 13.6. The lowest BCUT2D eigenvalue weighted by Crippen LogP contribution is -2.38. The van der Waals surface area contributed by atoms with Crippen LogP contribution < -0.4 is 5.32 Å². The zero-order chi connectivity index (χ0) is 20.5. The van der Waals surface area contributed by atoms with E-state index in [2.05, 4.69) is 59.4 Å². The molecule has 30 heavy (non-hydrogen) atoms. The Morgan fingerprint density at radius 1 is 0.867 bits per heavy atom. The highest BCUT2D eigenvalue weighted by Crippen LogP contribution is 2.37. The van der Waals surface area contributed by atoms with E-state index < -0.39 is 0 Å². The van der Waals surface area contributed by atoms with Crippen molar-refractivity contribution < 1.29 is 4.79 Å². The van der Waals surface area contributed by atoms with Crippen LogP contribution in [0, 0.1) is 6.92 Å². The van der Waals surface area contributed by atoms with Crippen LogP contribution >= 0.6 is 0 Å². The molecule has 0 radical (unpaired) electrons. The number of hydrogen-bond acceptors (Lipinski definition) is 1. The number of amides is 2. The molecule has 5 rings (SSSR count). The summed E-state index contributed by atoms with van der Waals surface area (Å²) in [6, 6.07) is 30.1. The van der Waals surface area contributed by atoms with Crippen molar-refractivity contribution in [3.63, 3.8) is 0 Å². The zero-order valence-corrected chi connectivity index (χ0v) is 16.8. The molecular formula is C26H23N3O. The molecule has 0 aliphatic carbocycles. The van der Waals surface area contributed by atoms with Gasteiger partial charge in [0.1, 0.15) is 6.04 Å². The summed E-state index contributed by atoms with van der Waals surface area (Å²) < 4.78 is 2.21. The highest BCUT2D eigenvalue weighted by molar-refractivity contribution is 5.90. The Morgan fingerprint density at radius 2 is 1.60 bits per heavy atom. The number of hydrogen-bond donors (Lipinski definition) is 1. The van der Waals surface area contributed by atoms with Gasteiger partial charge in [0.05, 0.1) is 12.2 Å². The number of para-hydroxylation sites is 2. The van der Waals surface area contributed by atoms with Crippen molar-refractivity contribution in [1.29, 1.82) is 0 Å². The zero-order valence-electron chi connectivity index (χ0n) is 16.8. The number of urea groups is 1. The highest BCUT2D eigenvalue weighted by atomic mass is 16.2. The molecule has 1 aliphatic heterocycles. The maximum Gasteiger partial charge on any atom is 0.322 e. The number of nitrogens with one attached hydrogen (secondary N) is 1. The molecule has 1 atom stereocenters. The van der Waals surface area contributed by atoms with Crippen molar-refractivity contribution in [1.82, 2.24) is 9.47 Å². The Balaban J connectivity index is 1.66. The SMILES string of the molecule is Cc1ccccc1[C@H]1c2cccn2-c2ccccc2CN1C(=O)Nc1ccccc1. The third-order valence-corrected chi connectivity index (χ3v) is 5.73. The fourth-order valence-electron chi connectivity index (χ4n) is 4.28. The predicted molar refractivity (Wildman–Crippen MR) is 120 cm³/mol. The fraction of sp³-hybridized carbons (Fsp3) is 0.115. The Bertz CT molecular complexity index is 1200. The predicted octanol–water partition coefficient (Wildman–Crippen LogP) is 5.92. The number of aromatic nitrogens is 1. The van der Waals surface area contributed by atoms with Gasteiger partial charge in [0.25, 0.3) is 0 Å². The molecule has 0 spiro atoms. The first-order chi connectivity index (χ1) is 14.7. The summed E-state index contributed by atoms with van der Waals surface area (Å²) in [5.74, 6) is 0. The average molecular weight is 393 g/mol. The molecule has 0 bridgehead atoms. The molecule has 4 heteroatoms. The van der Waals surface area contributed by atoms with Crippen LogP contribution in [0.3, 0.4) is 0 Å². The van der Waals surface area contributed by atoms with Gasteiger partial charge in [-0.15, -0.1) is 0 Å². The van der Waals surface area contributed by atoms with Gasteiger partial charge in [-0.25, -0.2) is 4.79 Å². The molecule has 2 amide bonds. The number of aryl methyl sites for hydroxylation is 1. The van der Waals surface area contributed by atoms with Gasteiger partial charge in [0.15, 0.2) is 0 Å². The maximum atomic E-state index is 13.6. The number of rotatable bonds is 2. The number of benzene rings is 3. The van der Waals surface area contributed by atoms with Crippen LogP contribution in [-0.2, 0) is 6.54 Å². The highest BCUT2D eigenvalue weighted by Gasteiger charge is 2.33. The van der Waals surface area contributed by atoms with Gasteiger partial charge in [-0.1, -0.05) is 60.7 Å². The lowest BCUT2D eigenvalue weighted by Gasteiger charge is -2.32. The molecule has 0 fully saturated rings. The molecule has 0 saturated heterocycles. The van der Waals surface area contributed by atoms with Crippen molar-refractivity contribution >= 4 is 11.7 Å². The van der Waals surface area contributed by atoms with Gasteiger partial charge in [-0.3, -0.25) is 0 Å². The number of fused-ring (bicyclic) bond motifs is 3. The molecule has 4 aromatic rings. The first-order valence-electron chi connectivity index (χ1n) is 10.2. The number of nitrogens with zero attached hydrogens (tertiary/aromatic N) is 2. The molecule has 3 aromatic carbocycles. The van der Waals surface area contributed by atoms with Crippen LogP contribution in [0.15, 0.2) is 97.2 Å². The van der Waals surface area contributed by atoms with E-state index in [4.69, 9.17) is 0 Å². The van der Waals surface area contributed by atoms with Gasteiger partial charge < -0.3 is 14.8 Å². The van der Waals surface area contributed by atoms with E-state index in [9.17, 15) is 4.79 Å². The van der Waals surface area contributed by atoms with Crippen molar-refractivity contribution in [2.75, 3.05) is 5.32 Å². The van der Waals surface area contributed by atoms with E-state index in [1.165, 1.54) is 5.56 Å². The summed E-state index contributed by atoms with van der Waals surface area (Å²) in [7, 11) is 0. The van der Waals surface area contributed by atoms with Gasteiger partial charge in [0, 0.05) is 17.6 Å². The number of anilines is 1. The van der Waals surface area contributed by atoms with Crippen LogP contribution in [0.2, 0.25) is 0 Å². The van der Waals surface area contributed by atoms with E-state index in [-0.39, 0.29) is 12.1 Å². The molecular weight excluding hydrogens is 370 g/mol. The summed E-state index contributed by atoms with van der Waals surface area (Å²) in [5, 5.41) is 3.09. The summed E-state index contributed by atoms with van der Waals surface area (Å²) in [6.45, 7) is 2.63. The van der Waals surface area contributed by atoms with Gasteiger partial charge in [-0.05, 0) is 53.9 Å². The van der Waals surface area contributed by atoms with Crippen LogP contribution in [0.5, 0.6) is 0 Å². The molecule has 2 heterocycles. The van der Waals surface area contributed by atoms with E-state index in [1.807, 2.05) is 59.5 Å². The van der Waals surface area contributed by atoms with E-state index in [0.29, 0.717) is 6.54 Å². The Morgan fingerprint density at radius 3 is 2.43 bits per heavy atom. The lowest BCUT2D eigenvalue weighted by atomic mass is 9.97. The summed E-state index contributed by atoms with van der Waals surface area (Å²) in [4.78, 5) is 15.5. The second kappa shape index (κ2) is 7.56. The first kappa shape index (κ1) is 18.3. The van der Waals surface area contributed by atoms with Crippen LogP contribution in [0.1, 0.15) is 28.4 Å². The minimum Gasteiger partial charge on any atom is -0.318 e. The van der Waals surface area contributed by atoms with Crippen molar-refractivity contribution in [3.8, 4) is 5.69 Å². The van der Waals surface area contributed by atoms with Crippen LogP contribution in [0.4, 0.5) is 10.5 Å². The quantitative estimate of drug-likeness (QED) is 0.451. The van der Waals surface area contributed by atoms with Crippen LogP contribution in [0.25, 0.3) is 5.69 Å². The van der Waals surface area contributed by atoms with Gasteiger partial charge in [0.2, 0.25) is 0 Å². The molecule has 0 saturated carbocycles. The Kier molecular flexibility index (Phi) is 4.60. The summed E-state index contributed by atoms with van der Waals surface area (Å²) in [6.07, 6.45) is 2.08. The van der Waals surface area contributed by atoms with E-state index >= 15 is 0 Å². The van der Waals surface area contributed by atoms with Crippen molar-refractivity contribution in [3.05, 3.63) is 120 Å². The first-order valence-corrected chi connectivity index (χ1v) is 10.2.